The number of benzene rings is 3. The van der Waals surface area contributed by atoms with Crippen molar-refractivity contribution in [1.82, 2.24) is 0 Å². The van der Waals surface area contributed by atoms with Gasteiger partial charge in [-0.2, -0.15) is 0 Å². The first-order chi connectivity index (χ1) is 10.9. The Morgan fingerprint density at radius 1 is 0.591 bits per heavy atom. The molecular formula is C21H20O. The molecule has 3 aromatic rings. The minimum atomic E-state index is 0.684. The molecule has 0 saturated heterocycles. The second kappa shape index (κ2) is 7.06. The summed E-state index contributed by atoms with van der Waals surface area (Å²) in [4.78, 5) is 0. The Kier molecular flexibility index (Phi) is 4.67. The van der Waals surface area contributed by atoms with E-state index in [2.05, 4.69) is 72.8 Å². The highest BCUT2D eigenvalue weighted by Gasteiger charge is 2.00. The van der Waals surface area contributed by atoms with Gasteiger partial charge in [0.25, 0.3) is 0 Å². The van der Waals surface area contributed by atoms with Crippen molar-refractivity contribution in [2.24, 2.45) is 0 Å². The Labute approximate surface area is 132 Å². The van der Waals surface area contributed by atoms with Crippen LogP contribution in [0.3, 0.4) is 0 Å². The van der Waals surface area contributed by atoms with Gasteiger partial charge in [0, 0.05) is 6.61 Å². The van der Waals surface area contributed by atoms with E-state index in [1.54, 1.807) is 0 Å². The van der Waals surface area contributed by atoms with E-state index in [1.165, 1.54) is 27.8 Å². The van der Waals surface area contributed by atoms with Gasteiger partial charge in [0.15, 0.2) is 0 Å². The van der Waals surface area contributed by atoms with Gasteiger partial charge in [0.2, 0.25) is 0 Å². The Hall–Kier alpha value is -2.38. The number of hydrogen-bond donors (Lipinski definition) is 0. The monoisotopic (exact) mass is 288 g/mol. The molecule has 3 rings (SSSR count). The van der Waals surface area contributed by atoms with Crippen LogP contribution in [0.2, 0.25) is 0 Å². The average molecular weight is 288 g/mol. The summed E-state index contributed by atoms with van der Waals surface area (Å²) in [7, 11) is 0. The van der Waals surface area contributed by atoms with Gasteiger partial charge in [-0.3, -0.25) is 0 Å². The molecule has 0 radical (unpaired) electrons. The van der Waals surface area contributed by atoms with E-state index in [0.29, 0.717) is 6.61 Å². The summed E-state index contributed by atoms with van der Waals surface area (Å²) in [5.74, 6) is 0. The molecule has 0 aliphatic rings. The van der Waals surface area contributed by atoms with Crippen LogP contribution in [0.5, 0.6) is 0 Å². The van der Waals surface area contributed by atoms with Crippen LogP contribution in [0.1, 0.15) is 12.5 Å². The Bertz CT molecular complexity index is 697. The Morgan fingerprint density at radius 2 is 1.05 bits per heavy atom. The Balaban J connectivity index is 1.78. The van der Waals surface area contributed by atoms with Gasteiger partial charge in [-0.15, -0.1) is 0 Å². The lowest BCUT2D eigenvalue weighted by molar-refractivity contribution is 0.134. The molecule has 1 heteroatoms. The van der Waals surface area contributed by atoms with Gasteiger partial charge in [0.1, 0.15) is 0 Å². The van der Waals surface area contributed by atoms with Gasteiger partial charge in [-0.25, -0.2) is 0 Å². The highest BCUT2D eigenvalue weighted by Crippen LogP contribution is 2.25. The van der Waals surface area contributed by atoms with Crippen molar-refractivity contribution in [3.8, 4) is 22.3 Å². The minimum absolute atomic E-state index is 0.684. The first-order valence-corrected chi connectivity index (χ1v) is 7.69. The zero-order valence-electron chi connectivity index (χ0n) is 12.8. The third kappa shape index (κ3) is 3.44. The summed E-state index contributed by atoms with van der Waals surface area (Å²) in [6, 6.07) is 27.8. The summed E-state index contributed by atoms with van der Waals surface area (Å²) >= 11 is 0. The molecule has 0 saturated carbocycles. The summed E-state index contributed by atoms with van der Waals surface area (Å²) in [5.41, 5.74) is 6.19. The second-order valence-corrected chi connectivity index (χ2v) is 5.28. The maximum Gasteiger partial charge on any atom is 0.0716 e. The first-order valence-electron chi connectivity index (χ1n) is 7.69. The summed E-state index contributed by atoms with van der Waals surface area (Å²) in [5, 5.41) is 0. The fraction of sp³-hybridized carbons (Fsp3) is 0.143. The van der Waals surface area contributed by atoms with E-state index in [9.17, 15) is 0 Å². The predicted molar refractivity (Wildman–Crippen MR) is 92.6 cm³/mol. The number of ether oxygens (including phenoxy) is 1. The van der Waals surface area contributed by atoms with Crippen LogP contribution in [0.15, 0.2) is 78.9 Å². The van der Waals surface area contributed by atoms with Crippen LogP contribution in [-0.2, 0) is 11.3 Å². The highest BCUT2D eigenvalue weighted by molar-refractivity contribution is 5.70. The number of rotatable bonds is 5. The molecule has 0 amide bonds. The molecule has 0 aromatic heterocycles. The second-order valence-electron chi connectivity index (χ2n) is 5.28. The van der Waals surface area contributed by atoms with Crippen LogP contribution in [-0.4, -0.2) is 6.61 Å². The van der Waals surface area contributed by atoms with Crippen molar-refractivity contribution in [2.45, 2.75) is 13.5 Å². The fourth-order valence-electron chi connectivity index (χ4n) is 2.50. The van der Waals surface area contributed by atoms with Crippen LogP contribution >= 0.6 is 0 Å². The molecule has 0 N–H and O–H groups in total. The van der Waals surface area contributed by atoms with E-state index in [0.717, 1.165) is 6.61 Å². The van der Waals surface area contributed by atoms with Crippen molar-refractivity contribution < 1.29 is 4.74 Å². The van der Waals surface area contributed by atoms with Crippen LogP contribution in [0, 0.1) is 0 Å². The zero-order chi connectivity index (χ0) is 15.2. The molecule has 3 aromatic carbocycles. The molecule has 0 spiro atoms. The molecule has 110 valence electrons. The zero-order valence-corrected chi connectivity index (χ0v) is 12.8. The van der Waals surface area contributed by atoms with Crippen LogP contribution in [0.4, 0.5) is 0 Å². The van der Waals surface area contributed by atoms with Gasteiger partial charge in [-0.1, -0.05) is 78.9 Å². The molecule has 0 bridgehead atoms. The van der Waals surface area contributed by atoms with Crippen molar-refractivity contribution >= 4 is 0 Å². The van der Waals surface area contributed by atoms with E-state index in [-0.39, 0.29) is 0 Å². The van der Waals surface area contributed by atoms with E-state index in [1.807, 2.05) is 13.0 Å². The first kappa shape index (κ1) is 14.6. The maximum absolute atomic E-state index is 5.43. The molecule has 0 fully saturated rings. The van der Waals surface area contributed by atoms with Crippen molar-refractivity contribution in [3.63, 3.8) is 0 Å². The van der Waals surface area contributed by atoms with Crippen LogP contribution < -0.4 is 0 Å². The van der Waals surface area contributed by atoms with Crippen molar-refractivity contribution in [2.75, 3.05) is 6.61 Å². The van der Waals surface area contributed by atoms with Gasteiger partial charge in [0.05, 0.1) is 6.61 Å². The largest absolute Gasteiger partial charge is 0.377 e. The standard InChI is InChI=1S/C21H20O/c1-2-22-16-17-8-10-19(11-9-17)21-14-12-20(13-15-21)18-6-4-3-5-7-18/h3-15H,2,16H2,1H3. The number of hydrogen-bond acceptors (Lipinski definition) is 1. The molecule has 0 aliphatic carbocycles. The molecule has 0 atom stereocenters. The molecule has 0 aliphatic heterocycles. The van der Waals surface area contributed by atoms with E-state index < -0.39 is 0 Å². The lowest BCUT2D eigenvalue weighted by Crippen LogP contribution is -1.91. The smallest absolute Gasteiger partial charge is 0.0716 e. The molecule has 0 heterocycles. The third-order valence-electron chi connectivity index (χ3n) is 3.75. The predicted octanol–water partition coefficient (Wildman–Crippen LogP) is 5.56. The molecule has 0 unspecified atom stereocenters. The van der Waals surface area contributed by atoms with Gasteiger partial charge < -0.3 is 4.74 Å². The third-order valence-corrected chi connectivity index (χ3v) is 3.75. The summed E-state index contributed by atoms with van der Waals surface area (Å²) in [6.45, 7) is 3.45. The molecule has 1 nitrogen and oxygen atoms in total. The normalized spacial score (nSPS) is 10.6. The van der Waals surface area contributed by atoms with Gasteiger partial charge in [-0.05, 0) is 34.7 Å². The topological polar surface area (TPSA) is 9.23 Å². The lowest BCUT2D eigenvalue weighted by atomic mass is 10.00. The SMILES string of the molecule is CCOCc1ccc(-c2ccc(-c3ccccc3)cc2)cc1. The molecular weight excluding hydrogens is 268 g/mol. The molecule has 22 heavy (non-hydrogen) atoms. The van der Waals surface area contributed by atoms with Crippen molar-refractivity contribution in [1.29, 1.82) is 0 Å². The van der Waals surface area contributed by atoms with Crippen LogP contribution in [0.25, 0.3) is 22.3 Å². The van der Waals surface area contributed by atoms with Crippen molar-refractivity contribution in [3.05, 3.63) is 84.4 Å². The maximum atomic E-state index is 5.43. The quantitative estimate of drug-likeness (QED) is 0.597. The fourth-order valence-corrected chi connectivity index (χ4v) is 2.50. The highest BCUT2D eigenvalue weighted by atomic mass is 16.5. The lowest BCUT2D eigenvalue weighted by Gasteiger charge is -2.06. The average Bonchev–Trinajstić information content (AvgIpc) is 2.61. The minimum Gasteiger partial charge on any atom is -0.377 e. The van der Waals surface area contributed by atoms with Gasteiger partial charge >= 0.3 is 0 Å². The summed E-state index contributed by atoms with van der Waals surface area (Å²) < 4.78 is 5.43. The van der Waals surface area contributed by atoms with E-state index >= 15 is 0 Å². The summed E-state index contributed by atoms with van der Waals surface area (Å²) in [6.07, 6.45) is 0. The van der Waals surface area contributed by atoms with E-state index in [4.69, 9.17) is 4.74 Å². The Morgan fingerprint density at radius 3 is 1.55 bits per heavy atom.